The summed E-state index contributed by atoms with van der Waals surface area (Å²) in [4.78, 5) is 27.9. The maximum Gasteiger partial charge on any atom is 0.340 e. The summed E-state index contributed by atoms with van der Waals surface area (Å²) in [6.45, 7) is 2.05. The van der Waals surface area contributed by atoms with Crippen molar-refractivity contribution in [3.63, 3.8) is 0 Å². The summed E-state index contributed by atoms with van der Waals surface area (Å²) < 4.78 is 10.3. The molecule has 0 aliphatic carbocycles. The molecule has 32 heavy (non-hydrogen) atoms. The van der Waals surface area contributed by atoms with Crippen LogP contribution in [0, 0.1) is 6.92 Å². The average molecular weight is 448 g/mol. The highest BCUT2D eigenvalue weighted by Crippen LogP contribution is 2.27. The van der Waals surface area contributed by atoms with Crippen molar-refractivity contribution in [2.24, 2.45) is 0 Å². The molecule has 1 heterocycles. The number of aromatic amines is 1. The van der Waals surface area contributed by atoms with Gasteiger partial charge in [0.1, 0.15) is 6.61 Å². The van der Waals surface area contributed by atoms with E-state index in [0.717, 1.165) is 33.3 Å². The molecule has 0 aliphatic heterocycles. The molecule has 4 rings (SSSR count). The highest BCUT2D eigenvalue weighted by atomic mass is 35.5. The molecule has 0 saturated carbocycles. The molecule has 162 valence electrons. The van der Waals surface area contributed by atoms with Crippen molar-refractivity contribution in [1.29, 1.82) is 0 Å². The van der Waals surface area contributed by atoms with E-state index < -0.39 is 5.97 Å². The molecule has 4 aromatic rings. The standard InChI is InChI=1S/C26H22ClNO4/c1-16-8-9-18(11-21(16)25(29)31-2)10-20-12-19-13-23(27)22(14-24(19)28-20)26(30)32-15-17-6-4-3-5-7-17/h3-9,11-14,28H,10,15H2,1-2H3. The van der Waals surface area contributed by atoms with Crippen molar-refractivity contribution in [3.05, 3.63) is 105 Å². The largest absolute Gasteiger partial charge is 0.465 e. The topological polar surface area (TPSA) is 68.4 Å². The minimum absolute atomic E-state index is 0.181. The molecule has 0 unspecified atom stereocenters. The van der Waals surface area contributed by atoms with E-state index in [1.165, 1.54) is 7.11 Å². The highest BCUT2D eigenvalue weighted by molar-refractivity contribution is 6.34. The lowest BCUT2D eigenvalue weighted by Gasteiger charge is -2.07. The van der Waals surface area contributed by atoms with E-state index in [4.69, 9.17) is 21.1 Å². The van der Waals surface area contributed by atoms with Gasteiger partial charge in [-0.3, -0.25) is 0 Å². The van der Waals surface area contributed by atoms with Crippen molar-refractivity contribution in [2.45, 2.75) is 20.0 Å². The summed E-state index contributed by atoms with van der Waals surface area (Å²) in [5.74, 6) is -0.829. The molecule has 0 amide bonds. The summed E-state index contributed by atoms with van der Waals surface area (Å²) >= 11 is 6.37. The van der Waals surface area contributed by atoms with Crippen LogP contribution in [0.1, 0.15) is 43.1 Å². The minimum Gasteiger partial charge on any atom is -0.465 e. The molecule has 0 saturated heterocycles. The fraction of sp³-hybridized carbons (Fsp3) is 0.154. The van der Waals surface area contributed by atoms with Crippen LogP contribution in [0.15, 0.2) is 66.7 Å². The third-order valence-corrected chi connectivity index (χ3v) is 5.61. The molecule has 0 spiro atoms. The van der Waals surface area contributed by atoms with E-state index >= 15 is 0 Å². The van der Waals surface area contributed by atoms with Gasteiger partial charge in [0.15, 0.2) is 0 Å². The molecule has 0 fully saturated rings. The Hall–Kier alpha value is -3.57. The number of esters is 2. The van der Waals surface area contributed by atoms with Crippen molar-refractivity contribution in [1.82, 2.24) is 4.98 Å². The number of ether oxygens (including phenoxy) is 2. The van der Waals surface area contributed by atoms with E-state index in [1.54, 1.807) is 12.1 Å². The van der Waals surface area contributed by atoms with E-state index in [0.29, 0.717) is 22.6 Å². The van der Waals surface area contributed by atoms with Gasteiger partial charge in [-0.1, -0.05) is 54.1 Å². The van der Waals surface area contributed by atoms with Gasteiger partial charge in [-0.15, -0.1) is 0 Å². The summed E-state index contributed by atoms with van der Waals surface area (Å²) in [5.41, 5.74) is 5.32. The number of hydrogen-bond acceptors (Lipinski definition) is 4. The number of carbonyl (C=O) groups excluding carboxylic acids is 2. The van der Waals surface area contributed by atoms with Gasteiger partial charge in [0.05, 0.1) is 23.3 Å². The smallest absolute Gasteiger partial charge is 0.340 e. The number of carbonyl (C=O) groups is 2. The SMILES string of the molecule is COC(=O)c1cc(Cc2cc3cc(Cl)c(C(=O)OCc4ccccc4)cc3[nH]2)ccc1C. The number of aryl methyl sites for hydroxylation is 1. The lowest BCUT2D eigenvalue weighted by atomic mass is 10.0. The maximum absolute atomic E-state index is 12.6. The number of fused-ring (bicyclic) bond motifs is 1. The number of methoxy groups -OCH3 is 1. The van der Waals surface area contributed by atoms with Gasteiger partial charge in [-0.2, -0.15) is 0 Å². The predicted octanol–water partition coefficient (Wildman–Crippen LogP) is 5.86. The number of hydrogen-bond donors (Lipinski definition) is 1. The van der Waals surface area contributed by atoms with Crippen LogP contribution in [0.5, 0.6) is 0 Å². The number of rotatable bonds is 6. The first-order valence-electron chi connectivity index (χ1n) is 10.1. The first kappa shape index (κ1) is 21.7. The third-order valence-electron chi connectivity index (χ3n) is 5.30. The quantitative estimate of drug-likeness (QED) is 0.375. The van der Waals surface area contributed by atoms with Gasteiger partial charge >= 0.3 is 11.9 Å². The fourth-order valence-corrected chi connectivity index (χ4v) is 3.84. The van der Waals surface area contributed by atoms with E-state index in [9.17, 15) is 9.59 Å². The summed E-state index contributed by atoms with van der Waals surface area (Å²) in [6, 6.07) is 20.7. The molecule has 0 aliphatic rings. The van der Waals surface area contributed by atoms with Crippen LogP contribution in [0.2, 0.25) is 5.02 Å². The van der Waals surface area contributed by atoms with Gasteiger partial charge in [0, 0.05) is 23.0 Å². The molecule has 0 radical (unpaired) electrons. The second-order valence-corrected chi connectivity index (χ2v) is 8.00. The summed E-state index contributed by atoms with van der Waals surface area (Å²) in [6.07, 6.45) is 0.588. The van der Waals surface area contributed by atoms with Crippen LogP contribution in [-0.4, -0.2) is 24.0 Å². The Morgan fingerprint density at radius 3 is 2.44 bits per heavy atom. The van der Waals surface area contributed by atoms with E-state index in [1.807, 2.05) is 61.5 Å². The van der Waals surface area contributed by atoms with Gasteiger partial charge in [-0.25, -0.2) is 9.59 Å². The molecule has 0 atom stereocenters. The molecular weight excluding hydrogens is 426 g/mol. The average Bonchev–Trinajstić information content (AvgIpc) is 3.19. The fourth-order valence-electron chi connectivity index (χ4n) is 3.59. The van der Waals surface area contributed by atoms with Gasteiger partial charge < -0.3 is 14.5 Å². The lowest BCUT2D eigenvalue weighted by Crippen LogP contribution is -2.06. The van der Waals surface area contributed by atoms with E-state index in [2.05, 4.69) is 4.98 Å². The number of H-pyrrole nitrogens is 1. The van der Waals surface area contributed by atoms with Crippen LogP contribution >= 0.6 is 11.6 Å². The van der Waals surface area contributed by atoms with Crippen LogP contribution in [0.4, 0.5) is 0 Å². The number of aromatic nitrogens is 1. The normalized spacial score (nSPS) is 10.8. The van der Waals surface area contributed by atoms with Gasteiger partial charge in [0.2, 0.25) is 0 Å². The van der Waals surface area contributed by atoms with E-state index in [-0.39, 0.29) is 12.6 Å². The van der Waals surface area contributed by atoms with Crippen LogP contribution in [0.25, 0.3) is 10.9 Å². The molecule has 1 aromatic heterocycles. The number of halogens is 1. The maximum atomic E-state index is 12.6. The zero-order valence-electron chi connectivity index (χ0n) is 17.8. The molecular formula is C26H22ClNO4. The van der Waals surface area contributed by atoms with Crippen molar-refractivity contribution in [3.8, 4) is 0 Å². The Bertz CT molecular complexity index is 1290. The van der Waals surface area contributed by atoms with Gasteiger partial charge in [-0.05, 0) is 47.9 Å². The first-order chi connectivity index (χ1) is 15.4. The zero-order chi connectivity index (χ0) is 22.7. The van der Waals surface area contributed by atoms with Crippen molar-refractivity contribution >= 4 is 34.4 Å². The third kappa shape index (κ3) is 4.68. The summed E-state index contributed by atoms with van der Waals surface area (Å²) in [7, 11) is 1.37. The molecule has 6 heteroatoms. The first-order valence-corrected chi connectivity index (χ1v) is 10.5. The second kappa shape index (κ2) is 9.28. The van der Waals surface area contributed by atoms with Gasteiger partial charge in [0.25, 0.3) is 0 Å². The van der Waals surface area contributed by atoms with Crippen LogP contribution in [-0.2, 0) is 22.5 Å². The number of benzene rings is 3. The Morgan fingerprint density at radius 2 is 1.69 bits per heavy atom. The van der Waals surface area contributed by atoms with Crippen LogP contribution < -0.4 is 0 Å². The Morgan fingerprint density at radius 1 is 0.906 bits per heavy atom. The molecule has 1 N–H and O–H groups in total. The molecule has 3 aromatic carbocycles. The Balaban J connectivity index is 1.55. The van der Waals surface area contributed by atoms with Crippen molar-refractivity contribution < 1.29 is 19.1 Å². The molecule has 0 bridgehead atoms. The van der Waals surface area contributed by atoms with Crippen LogP contribution in [0.3, 0.4) is 0 Å². The second-order valence-electron chi connectivity index (χ2n) is 7.59. The van der Waals surface area contributed by atoms with Crippen molar-refractivity contribution in [2.75, 3.05) is 7.11 Å². The highest BCUT2D eigenvalue weighted by Gasteiger charge is 2.16. The minimum atomic E-state index is -0.474. The Labute approximate surface area is 190 Å². The Kier molecular flexibility index (Phi) is 6.28. The zero-order valence-corrected chi connectivity index (χ0v) is 18.5. The number of nitrogens with one attached hydrogen (secondary N) is 1. The molecule has 5 nitrogen and oxygen atoms in total. The lowest BCUT2D eigenvalue weighted by molar-refractivity contribution is 0.0472. The monoisotopic (exact) mass is 447 g/mol. The predicted molar refractivity (Wildman–Crippen MR) is 124 cm³/mol. The summed E-state index contributed by atoms with van der Waals surface area (Å²) in [5, 5.41) is 1.23.